The Labute approximate surface area is 134 Å². The minimum Gasteiger partial charge on any atom is -0.493 e. The first-order chi connectivity index (χ1) is 10.7. The van der Waals surface area contributed by atoms with Gasteiger partial charge >= 0.3 is 0 Å². The summed E-state index contributed by atoms with van der Waals surface area (Å²) in [4.78, 5) is 6.63. The van der Waals surface area contributed by atoms with Crippen molar-refractivity contribution in [2.45, 2.75) is 39.5 Å². The van der Waals surface area contributed by atoms with Gasteiger partial charge in [0, 0.05) is 37.7 Å². The van der Waals surface area contributed by atoms with E-state index in [0.29, 0.717) is 5.92 Å². The lowest BCUT2D eigenvalue weighted by Gasteiger charge is -2.26. The van der Waals surface area contributed by atoms with Crippen LogP contribution in [-0.2, 0) is 4.74 Å². The van der Waals surface area contributed by atoms with Gasteiger partial charge in [-0.15, -0.1) is 0 Å². The Hall–Kier alpha value is -1.55. The van der Waals surface area contributed by atoms with Crippen LogP contribution in [0.3, 0.4) is 0 Å². The summed E-state index contributed by atoms with van der Waals surface area (Å²) in [6.07, 6.45) is 3.96. The van der Waals surface area contributed by atoms with E-state index in [1.54, 1.807) is 0 Å². The standard InChI is InChI=1S/C18H28N2O2/c1-5-8-21-12-15-7-9-22-18-11-17(14(3)10-16(15)18)19-13-20(4)6-2/h10-11,13,15H,5-9,12H2,1-4H3/b19-13+. The molecule has 0 radical (unpaired) electrons. The van der Waals surface area contributed by atoms with E-state index in [1.165, 1.54) is 11.1 Å². The van der Waals surface area contributed by atoms with Crippen LogP contribution < -0.4 is 4.74 Å². The van der Waals surface area contributed by atoms with E-state index in [0.717, 1.165) is 50.6 Å². The highest BCUT2D eigenvalue weighted by molar-refractivity contribution is 5.65. The molecule has 1 aliphatic rings. The zero-order valence-electron chi connectivity index (χ0n) is 14.3. The third-order valence-corrected chi connectivity index (χ3v) is 4.05. The Morgan fingerprint density at radius 1 is 1.41 bits per heavy atom. The molecule has 1 atom stereocenters. The van der Waals surface area contributed by atoms with Crippen LogP contribution in [0.2, 0.25) is 0 Å². The molecule has 4 nitrogen and oxygen atoms in total. The lowest BCUT2D eigenvalue weighted by molar-refractivity contribution is 0.106. The van der Waals surface area contributed by atoms with Gasteiger partial charge in [-0.2, -0.15) is 0 Å². The molecule has 1 aliphatic heterocycles. The Balaban J connectivity index is 2.17. The van der Waals surface area contributed by atoms with Gasteiger partial charge in [0.05, 0.1) is 25.2 Å². The molecular formula is C18H28N2O2. The van der Waals surface area contributed by atoms with E-state index in [4.69, 9.17) is 9.47 Å². The van der Waals surface area contributed by atoms with Gasteiger partial charge in [-0.25, -0.2) is 4.99 Å². The summed E-state index contributed by atoms with van der Waals surface area (Å²) < 4.78 is 11.6. The maximum absolute atomic E-state index is 5.85. The normalized spacial score (nSPS) is 17.4. The third-order valence-electron chi connectivity index (χ3n) is 4.05. The maximum atomic E-state index is 5.85. The van der Waals surface area contributed by atoms with Gasteiger partial charge < -0.3 is 14.4 Å². The maximum Gasteiger partial charge on any atom is 0.125 e. The van der Waals surface area contributed by atoms with E-state index in [-0.39, 0.29) is 0 Å². The first-order valence-corrected chi connectivity index (χ1v) is 8.25. The fraction of sp³-hybridized carbons (Fsp3) is 0.611. The highest BCUT2D eigenvalue weighted by Gasteiger charge is 2.23. The van der Waals surface area contributed by atoms with Crippen LogP contribution in [0.1, 0.15) is 43.7 Å². The summed E-state index contributed by atoms with van der Waals surface area (Å²) >= 11 is 0. The molecule has 0 fully saturated rings. The summed E-state index contributed by atoms with van der Waals surface area (Å²) in [5.74, 6) is 1.40. The number of hydrogen-bond acceptors (Lipinski definition) is 3. The predicted octanol–water partition coefficient (Wildman–Crippen LogP) is 3.90. The van der Waals surface area contributed by atoms with Crippen molar-refractivity contribution in [1.29, 1.82) is 0 Å². The summed E-state index contributed by atoms with van der Waals surface area (Å²) in [5, 5.41) is 0. The second-order valence-electron chi connectivity index (χ2n) is 5.90. The monoisotopic (exact) mass is 304 g/mol. The summed E-state index contributed by atoms with van der Waals surface area (Å²) in [6, 6.07) is 4.28. The van der Waals surface area contributed by atoms with E-state index in [1.807, 2.05) is 13.4 Å². The smallest absolute Gasteiger partial charge is 0.125 e. The van der Waals surface area contributed by atoms with Crippen molar-refractivity contribution in [2.24, 2.45) is 4.99 Å². The predicted molar refractivity (Wildman–Crippen MR) is 91.6 cm³/mol. The number of rotatable bonds is 7. The first-order valence-electron chi connectivity index (χ1n) is 8.25. The molecular weight excluding hydrogens is 276 g/mol. The molecule has 1 aromatic carbocycles. The molecule has 22 heavy (non-hydrogen) atoms. The average Bonchev–Trinajstić information content (AvgIpc) is 2.53. The second kappa shape index (κ2) is 8.18. The van der Waals surface area contributed by atoms with Gasteiger partial charge in [0.15, 0.2) is 0 Å². The molecule has 0 saturated heterocycles. The van der Waals surface area contributed by atoms with Crippen molar-refractivity contribution in [3.63, 3.8) is 0 Å². The topological polar surface area (TPSA) is 34.1 Å². The highest BCUT2D eigenvalue weighted by atomic mass is 16.5. The van der Waals surface area contributed by atoms with E-state index in [9.17, 15) is 0 Å². The van der Waals surface area contributed by atoms with Crippen LogP contribution in [-0.4, -0.2) is 44.7 Å². The summed E-state index contributed by atoms with van der Waals surface area (Å²) in [5.41, 5.74) is 3.43. The Morgan fingerprint density at radius 3 is 2.95 bits per heavy atom. The van der Waals surface area contributed by atoms with Crippen molar-refractivity contribution >= 4 is 12.0 Å². The van der Waals surface area contributed by atoms with Crippen LogP contribution in [0.15, 0.2) is 17.1 Å². The Bertz CT molecular complexity index is 514. The quantitative estimate of drug-likeness (QED) is 0.435. The van der Waals surface area contributed by atoms with E-state index < -0.39 is 0 Å². The number of ether oxygens (including phenoxy) is 2. The SMILES string of the molecule is CCCOCC1CCOc2cc(/N=C/N(C)CC)c(C)cc21. The molecule has 0 aliphatic carbocycles. The fourth-order valence-corrected chi connectivity index (χ4v) is 2.53. The molecule has 4 heteroatoms. The summed E-state index contributed by atoms with van der Waals surface area (Å²) in [6.45, 7) is 9.67. The molecule has 1 aromatic rings. The van der Waals surface area contributed by atoms with Crippen molar-refractivity contribution < 1.29 is 9.47 Å². The van der Waals surface area contributed by atoms with E-state index in [2.05, 4.69) is 42.8 Å². The number of aliphatic imine (C=N–C) groups is 1. The molecule has 0 amide bonds. The Kier molecular flexibility index (Phi) is 6.25. The number of hydrogen-bond donors (Lipinski definition) is 0. The lowest BCUT2D eigenvalue weighted by atomic mass is 9.92. The van der Waals surface area contributed by atoms with Gasteiger partial charge in [-0.05, 0) is 38.3 Å². The molecule has 1 heterocycles. The minimum absolute atomic E-state index is 0.436. The molecule has 0 N–H and O–H groups in total. The number of benzene rings is 1. The zero-order valence-corrected chi connectivity index (χ0v) is 14.3. The van der Waals surface area contributed by atoms with Crippen LogP contribution in [0.25, 0.3) is 0 Å². The minimum atomic E-state index is 0.436. The number of aryl methyl sites for hydroxylation is 1. The molecule has 0 saturated carbocycles. The number of fused-ring (bicyclic) bond motifs is 1. The van der Waals surface area contributed by atoms with Crippen LogP contribution in [0.5, 0.6) is 5.75 Å². The summed E-state index contributed by atoms with van der Waals surface area (Å²) in [7, 11) is 2.02. The van der Waals surface area contributed by atoms with Gasteiger partial charge in [0.2, 0.25) is 0 Å². The van der Waals surface area contributed by atoms with Crippen molar-refractivity contribution in [3.8, 4) is 5.75 Å². The van der Waals surface area contributed by atoms with Crippen LogP contribution >= 0.6 is 0 Å². The largest absolute Gasteiger partial charge is 0.493 e. The number of nitrogens with zero attached hydrogens (tertiary/aromatic N) is 2. The fourth-order valence-electron chi connectivity index (χ4n) is 2.53. The van der Waals surface area contributed by atoms with Gasteiger partial charge in [0.1, 0.15) is 5.75 Å². The third kappa shape index (κ3) is 4.23. The molecule has 2 rings (SSSR count). The first kappa shape index (κ1) is 16.8. The van der Waals surface area contributed by atoms with E-state index >= 15 is 0 Å². The molecule has 122 valence electrons. The lowest BCUT2D eigenvalue weighted by Crippen LogP contribution is -2.19. The van der Waals surface area contributed by atoms with Crippen LogP contribution in [0.4, 0.5) is 5.69 Å². The average molecular weight is 304 g/mol. The zero-order chi connectivity index (χ0) is 15.9. The van der Waals surface area contributed by atoms with Crippen molar-refractivity contribution in [3.05, 3.63) is 23.3 Å². The van der Waals surface area contributed by atoms with Crippen molar-refractivity contribution in [1.82, 2.24) is 4.90 Å². The second-order valence-corrected chi connectivity index (χ2v) is 5.90. The molecule has 0 bridgehead atoms. The Morgan fingerprint density at radius 2 is 2.23 bits per heavy atom. The van der Waals surface area contributed by atoms with Gasteiger partial charge in [0.25, 0.3) is 0 Å². The molecule has 0 spiro atoms. The van der Waals surface area contributed by atoms with Gasteiger partial charge in [-0.3, -0.25) is 0 Å². The van der Waals surface area contributed by atoms with Gasteiger partial charge in [-0.1, -0.05) is 6.92 Å². The highest BCUT2D eigenvalue weighted by Crippen LogP contribution is 2.38. The van der Waals surface area contributed by atoms with Crippen molar-refractivity contribution in [2.75, 3.05) is 33.4 Å². The molecule has 1 unspecified atom stereocenters. The van der Waals surface area contributed by atoms with Crippen LogP contribution in [0, 0.1) is 6.92 Å². The molecule has 0 aromatic heterocycles.